The van der Waals surface area contributed by atoms with Gasteiger partial charge in [0.15, 0.2) is 11.5 Å². The molecule has 4 heteroatoms. The summed E-state index contributed by atoms with van der Waals surface area (Å²) in [5.74, 6) is 1.20. The van der Waals surface area contributed by atoms with Gasteiger partial charge in [0.05, 0.1) is 13.7 Å². The Morgan fingerprint density at radius 2 is 1.95 bits per heavy atom. The minimum Gasteiger partial charge on any atom is -0.493 e. The molecule has 1 N–H and O–H groups in total. The van der Waals surface area contributed by atoms with Gasteiger partial charge < -0.3 is 14.8 Å². The van der Waals surface area contributed by atoms with Gasteiger partial charge in [0.2, 0.25) is 0 Å². The molecule has 1 aromatic carbocycles. The van der Waals surface area contributed by atoms with Gasteiger partial charge in [0.25, 0.3) is 5.91 Å². The number of unbranched alkanes of at least 4 members (excludes halogenated alkanes) is 3. The molecular formula is C16H25NO3. The molecule has 0 saturated heterocycles. The van der Waals surface area contributed by atoms with Gasteiger partial charge in [0.1, 0.15) is 0 Å². The summed E-state index contributed by atoms with van der Waals surface area (Å²) >= 11 is 0. The van der Waals surface area contributed by atoms with Crippen LogP contribution in [0.5, 0.6) is 11.5 Å². The fourth-order valence-corrected chi connectivity index (χ4v) is 1.90. The third-order valence-electron chi connectivity index (χ3n) is 3.02. The second-order valence-corrected chi connectivity index (χ2v) is 4.63. The average molecular weight is 279 g/mol. The molecule has 0 aliphatic carbocycles. The van der Waals surface area contributed by atoms with E-state index in [4.69, 9.17) is 9.47 Å². The standard InChI is InChI=1S/C16H25NO3/c1-4-6-7-8-11-20-14-10-9-13(12-15(14)19-3)16(18)17-5-2/h9-10,12H,4-8,11H2,1-3H3,(H,17,18). The molecule has 0 fully saturated rings. The van der Waals surface area contributed by atoms with Gasteiger partial charge in [0, 0.05) is 12.1 Å². The summed E-state index contributed by atoms with van der Waals surface area (Å²) in [6.07, 6.45) is 4.66. The van der Waals surface area contributed by atoms with Crippen molar-refractivity contribution in [3.63, 3.8) is 0 Å². The van der Waals surface area contributed by atoms with Crippen molar-refractivity contribution in [1.29, 1.82) is 0 Å². The number of ether oxygens (including phenoxy) is 2. The van der Waals surface area contributed by atoms with Gasteiger partial charge in [-0.15, -0.1) is 0 Å². The van der Waals surface area contributed by atoms with Crippen LogP contribution in [0.2, 0.25) is 0 Å². The molecule has 20 heavy (non-hydrogen) atoms. The molecule has 0 aromatic heterocycles. The van der Waals surface area contributed by atoms with E-state index in [-0.39, 0.29) is 5.91 Å². The van der Waals surface area contributed by atoms with E-state index in [0.29, 0.717) is 30.2 Å². The summed E-state index contributed by atoms with van der Waals surface area (Å²) in [7, 11) is 1.58. The lowest BCUT2D eigenvalue weighted by Gasteiger charge is -2.12. The van der Waals surface area contributed by atoms with Crippen LogP contribution in [-0.4, -0.2) is 26.2 Å². The zero-order chi connectivity index (χ0) is 14.8. The van der Waals surface area contributed by atoms with E-state index in [1.807, 2.05) is 6.92 Å². The minimum atomic E-state index is -0.0969. The number of nitrogens with one attached hydrogen (secondary N) is 1. The van der Waals surface area contributed by atoms with E-state index in [0.717, 1.165) is 6.42 Å². The summed E-state index contributed by atoms with van der Waals surface area (Å²) in [5, 5.41) is 2.76. The fraction of sp³-hybridized carbons (Fsp3) is 0.562. The van der Waals surface area contributed by atoms with Crippen molar-refractivity contribution in [2.45, 2.75) is 39.5 Å². The highest BCUT2D eigenvalue weighted by molar-refractivity contribution is 5.94. The molecule has 0 unspecified atom stereocenters. The molecule has 0 atom stereocenters. The van der Waals surface area contributed by atoms with Crippen LogP contribution >= 0.6 is 0 Å². The summed E-state index contributed by atoms with van der Waals surface area (Å²) in [5.41, 5.74) is 0.585. The topological polar surface area (TPSA) is 47.6 Å². The van der Waals surface area contributed by atoms with E-state index in [2.05, 4.69) is 12.2 Å². The predicted molar refractivity (Wildman–Crippen MR) is 80.6 cm³/mol. The second kappa shape index (κ2) is 9.23. The number of hydrogen-bond donors (Lipinski definition) is 1. The third-order valence-corrected chi connectivity index (χ3v) is 3.02. The Hall–Kier alpha value is -1.71. The van der Waals surface area contributed by atoms with Crippen molar-refractivity contribution in [3.05, 3.63) is 23.8 Å². The van der Waals surface area contributed by atoms with Gasteiger partial charge in [-0.1, -0.05) is 26.2 Å². The Kier molecular flexibility index (Phi) is 7.55. The van der Waals surface area contributed by atoms with Crippen LogP contribution in [0.3, 0.4) is 0 Å². The van der Waals surface area contributed by atoms with Crippen molar-refractivity contribution in [2.24, 2.45) is 0 Å². The van der Waals surface area contributed by atoms with Crippen molar-refractivity contribution in [3.8, 4) is 11.5 Å². The number of amides is 1. The largest absolute Gasteiger partial charge is 0.493 e. The molecular weight excluding hydrogens is 254 g/mol. The first kappa shape index (κ1) is 16.3. The Morgan fingerprint density at radius 1 is 1.15 bits per heavy atom. The highest BCUT2D eigenvalue weighted by Crippen LogP contribution is 2.28. The zero-order valence-electron chi connectivity index (χ0n) is 12.7. The quantitative estimate of drug-likeness (QED) is 0.705. The van der Waals surface area contributed by atoms with Crippen LogP contribution in [0, 0.1) is 0 Å². The molecule has 0 radical (unpaired) electrons. The van der Waals surface area contributed by atoms with E-state index < -0.39 is 0 Å². The summed E-state index contributed by atoms with van der Waals surface area (Å²) in [4.78, 5) is 11.7. The van der Waals surface area contributed by atoms with Crippen molar-refractivity contribution >= 4 is 5.91 Å². The maximum Gasteiger partial charge on any atom is 0.251 e. The molecule has 0 aliphatic heterocycles. The van der Waals surface area contributed by atoms with E-state index >= 15 is 0 Å². The average Bonchev–Trinajstić information content (AvgIpc) is 2.47. The van der Waals surface area contributed by atoms with Crippen molar-refractivity contribution in [1.82, 2.24) is 5.32 Å². The van der Waals surface area contributed by atoms with Crippen LogP contribution in [0.15, 0.2) is 18.2 Å². The third kappa shape index (κ3) is 5.11. The normalized spacial score (nSPS) is 10.2. The zero-order valence-corrected chi connectivity index (χ0v) is 12.7. The van der Waals surface area contributed by atoms with Crippen LogP contribution in [0.25, 0.3) is 0 Å². The summed E-state index contributed by atoms with van der Waals surface area (Å²) < 4.78 is 11.0. The highest BCUT2D eigenvalue weighted by Gasteiger charge is 2.10. The van der Waals surface area contributed by atoms with Gasteiger partial charge >= 0.3 is 0 Å². The lowest BCUT2D eigenvalue weighted by Crippen LogP contribution is -2.22. The summed E-state index contributed by atoms with van der Waals surface area (Å²) in [6, 6.07) is 5.27. The Balaban J connectivity index is 2.61. The molecule has 1 amide bonds. The molecule has 1 rings (SSSR count). The minimum absolute atomic E-state index is 0.0969. The number of carbonyl (C=O) groups excluding carboxylic acids is 1. The number of carbonyl (C=O) groups is 1. The van der Waals surface area contributed by atoms with Crippen molar-refractivity contribution in [2.75, 3.05) is 20.3 Å². The Morgan fingerprint density at radius 3 is 2.60 bits per heavy atom. The first-order valence-corrected chi connectivity index (χ1v) is 7.32. The fourth-order valence-electron chi connectivity index (χ4n) is 1.90. The SMILES string of the molecule is CCCCCCOc1ccc(C(=O)NCC)cc1OC. The first-order chi connectivity index (χ1) is 9.72. The van der Waals surface area contributed by atoms with Crippen LogP contribution in [0.1, 0.15) is 49.9 Å². The Labute approximate surface area is 121 Å². The van der Waals surface area contributed by atoms with Crippen LogP contribution in [0.4, 0.5) is 0 Å². The molecule has 0 aliphatic rings. The molecule has 0 bridgehead atoms. The number of rotatable bonds is 9. The maximum atomic E-state index is 11.7. The first-order valence-electron chi connectivity index (χ1n) is 7.32. The molecule has 112 valence electrons. The van der Waals surface area contributed by atoms with E-state index in [1.54, 1.807) is 25.3 Å². The molecule has 0 spiro atoms. The maximum absolute atomic E-state index is 11.7. The Bertz CT molecular complexity index is 418. The second-order valence-electron chi connectivity index (χ2n) is 4.63. The number of hydrogen-bond acceptors (Lipinski definition) is 3. The van der Waals surface area contributed by atoms with E-state index in [9.17, 15) is 4.79 Å². The van der Waals surface area contributed by atoms with Crippen LogP contribution in [-0.2, 0) is 0 Å². The lowest BCUT2D eigenvalue weighted by atomic mass is 10.2. The monoisotopic (exact) mass is 279 g/mol. The number of methoxy groups -OCH3 is 1. The molecule has 4 nitrogen and oxygen atoms in total. The van der Waals surface area contributed by atoms with Crippen molar-refractivity contribution < 1.29 is 14.3 Å². The van der Waals surface area contributed by atoms with Gasteiger partial charge in [-0.3, -0.25) is 4.79 Å². The van der Waals surface area contributed by atoms with Gasteiger partial charge in [-0.2, -0.15) is 0 Å². The molecule has 0 saturated carbocycles. The number of benzene rings is 1. The van der Waals surface area contributed by atoms with Crippen LogP contribution < -0.4 is 14.8 Å². The smallest absolute Gasteiger partial charge is 0.251 e. The van der Waals surface area contributed by atoms with Gasteiger partial charge in [-0.25, -0.2) is 0 Å². The van der Waals surface area contributed by atoms with E-state index in [1.165, 1.54) is 19.3 Å². The highest BCUT2D eigenvalue weighted by atomic mass is 16.5. The van der Waals surface area contributed by atoms with Gasteiger partial charge in [-0.05, 0) is 31.5 Å². The predicted octanol–water partition coefficient (Wildman–Crippen LogP) is 3.40. The summed E-state index contributed by atoms with van der Waals surface area (Å²) in [6.45, 7) is 5.36. The molecule has 0 heterocycles. The lowest BCUT2D eigenvalue weighted by molar-refractivity contribution is 0.0955. The molecule has 1 aromatic rings.